The fraction of sp³-hybridized carbons (Fsp3) is 0.118. The molecule has 1 heterocycles. The van der Waals surface area contributed by atoms with E-state index in [-0.39, 0.29) is 0 Å². The predicted molar refractivity (Wildman–Crippen MR) is 79.7 cm³/mol. The number of carbonyl (C=O) groups is 1. The zero-order valence-corrected chi connectivity index (χ0v) is 11.2. The first-order valence-electron chi connectivity index (χ1n) is 6.56. The highest BCUT2D eigenvalue weighted by Crippen LogP contribution is 2.30. The van der Waals surface area contributed by atoms with Gasteiger partial charge in [0.1, 0.15) is 6.04 Å². The van der Waals surface area contributed by atoms with Gasteiger partial charge in [-0.3, -0.25) is 0 Å². The summed E-state index contributed by atoms with van der Waals surface area (Å²) in [5, 5.41) is 10.3. The van der Waals surface area contributed by atoms with Crippen molar-refractivity contribution < 1.29 is 9.90 Å². The minimum atomic E-state index is -0.826. The lowest BCUT2D eigenvalue weighted by molar-refractivity contribution is -0.140. The smallest absolute Gasteiger partial charge is 0.326 e. The minimum Gasteiger partial charge on any atom is -0.480 e. The normalized spacial score (nSPS) is 12.4. The molecule has 100 valence electrons. The fourth-order valence-electron chi connectivity index (χ4n) is 2.51. The number of hydrogen-bond donors (Lipinski definition) is 1. The lowest BCUT2D eigenvalue weighted by Gasteiger charge is -2.11. The van der Waals surface area contributed by atoms with Crippen LogP contribution in [0.4, 0.5) is 0 Å². The van der Waals surface area contributed by atoms with E-state index in [0.29, 0.717) is 0 Å². The Hall–Kier alpha value is -2.55. The van der Waals surface area contributed by atoms with E-state index in [1.807, 2.05) is 42.6 Å². The molecule has 3 nitrogen and oxygen atoms in total. The summed E-state index contributed by atoms with van der Waals surface area (Å²) in [5.74, 6) is -0.826. The van der Waals surface area contributed by atoms with Crippen LogP contribution in [-0.4, -0.2) is 15.6 Å². The van der Waals surface area contributed by atoms with Gasteiger partial charge in [0.25, 0.3) is 0 Å². The van der Waals surface area contributed by atoms with Gasteiger partial charge in [-0.25, -0.2) is 4.79 Å². The van der Waals surface area contributed by atoms with E-state index in [2.05, 4.69) is 18.2 Å². The molecular formula is C17H15NO2. The molecule has 0 aliphatic rings. The number of nitrogens with zero attached hydrogens (tertiary/aromatic N) is 1. The Bertz CT molecular complexity index is 759. The average Bonchev–Trinajstić information content (AvgIpc) is 2.91. The summed E-state index contributed by atoms with van der Waals surface area (Å²) in [6.45, 7) is 1.69. The molecule has 0 saturated carbocycles. The van der Waals surface area contributed by atoms with Crippen molar-refractivity contribution in [2.24, 2.45) is 0 Å². The standard InChI is InChI=1S/C17H15NO2/c1-12(17(19)20)18-11-10-15-14(8-5-9-16(15)18)13-6-3-2-4-7-13/h2-12H,1H3,(H,19,20). The number of fused-ring (bicyclic) bond motifs is 1. The zero-order valence-electron chi connectivity index (χ0n) is 11.2. The molecule has 1 unspecified atom stereocenters. The number of rotatable bonds is 3. The van der Waals surface area contributed by atoms with Gasteiger partial charge in [0.15, 0.2) is 0 Å². The molecule has 1 aromatic heterocycles. The molecule has 0 bridgehead atoms. The molecule has 20 heavy (non-hydrogen) atoms. The third kappa shape index (κ3) is 1.97. The summed E-state index contributed by atoms with van der Waals surface area (Å²) >= 11 is 0. The van der Waals surface area contributed by atoms with Crippen molar-refractivity contribution in [2.75, 3.05) is 0 Å². The molecule has 0 aliphatic heterocycles. The Morgan fingerprint density at radius 3 is 2.50 bits per heavy atom. The van der Waals surface area contributed by atoms with Crippen molar-refractivity contribution in [3.05, 3.63) is 60.8 Å². The van der Waals surface area contributed by atoms with Gasteiger partial charge >= 0.3 is 5.97 Å². The number of carboxylic acids is 1. The molecule has 0 aliphatic carbocycles. The molecule has 1 atom stereocenters. The van der Waals surface area contributed by atoms with E-state index in [0.717, 1.165) is 22.0 Å². The molecule has 0 radical (unpaired) electrons. The van der Waals surface area contributed by atoms with Crippen LogP contribution < -0.4 is 0 Å². The lowest BCUT2D eigenvalue weighted by atomic mass is 10.0. The number of aliphatic carboxylic acids is 1. The van der Waals surface area contributed by atoms with Crippen LogP contribution in [0.3, 0.4) is 0 Å². The van der Waals surface area contributed by atoms with Gasteiger partial charge in [-0.05, 0) is 30.2 Å². The predicted octanol–water partition coefficient (Wildman–Crippen LogP) is 3.95. The van der Waals surface area contributed by atoms with E-state index in [1.54, 1.807) is 11.5 Å². The van der Waals surface area contributed by atoms with Gasteiger partial charge in [-0.15, -0.1) is 0 Å². The average molecular weight is 265 g/mol. The first-order chi connectivity index (χ1) is 9.68. The quantitative estimate of drug-likeness (QED) is 0.779. The molecule has 3 rings (SSSR count). The highest BCUT2D eigenvalue weighted by molar-refractivity contribution is 5.96. The van der Waals surface area contributed by atoms with Gasteiger partial charge in [0.2, 0.25) is 0 Å². The molecule has 3 heteroatoms. The lowest BCUT2D eigenvalue weighted by Crippen LogP contribution is -2.14. The number of benzene rings is 2. The second-order valence-electron chi connectivity index (χ2n) is 4.84. The summed E-state index contributed by atoms with van der Waals surface area (Å²) in [5.41, 5.74) is 3.21. The summed E-state index contributed by atoms with van der Waals surface area (Å²) in [6, 6.07) is 17.5. The number of hydrogen-bond acceptors (Lipinski definition) is 1. The summed E-state index contributed by atoms with van der Waals surface area (Å²) < 4.78 is 1.80. The SMILES string of the molecule is CC(C(=O)O)n1ccc2c(-c3ccccc3)cccc21. The van der Waals surface area contributed by atoms with Gasteiger partial charge in [0, 0.05) is 17.1 Å². The molecule has 1 N–H and O–H groups in total. The Morgan fingerprint density at radius 2 is 1.80 bits per heavy atom. The third-order valence-corrected chi connectivity index (χ3v) is 3.62. The number of aromatic nitrogens is 1. The maximum absolute atomic E-state index is 11.2. The molecule has 0 amide bonds. The van der Waals surface area contributed by atoms with Crippen LogP contribution in [-0.2, 0) is 4.79 Å². The Labute approximate surface area is 117 Å². The number of carboxylic acid groups (broad SMARTS) is 1. The van der Waals surface area contributed by atoms with Gasteiger partial charge in [0.05, 0.1) is 0 Å². The monoisotopic (exact) mass is 265 g/mol. The van der Waals surface area contributed by atoms with E-state index in [9.17, 15) is 9.90 Å². The van der Waals surface area contributed by atoms with Crippen LogP contribution >= 0.6 is 0 Å². The topological polar surface area (TPSA) is 42.2 Å². The van der Waals surface area contributed by atoms with Crippen molar-refractivity contribution in [1.82, 2.24) is 4.57 Å². The van der Waals surface area contributed by atoms with E-state index < -0.39 is 12.0 Å². The van der Waals surface area contributed by atoms with Crippen molar-refractivity contribution in [2.45, 2.75) is 13.0 Å². The summed E-state index contributed by atoms with van der Waals surface area (Å²) in [6.07, 6.45) is 1.84. The van der Waals surface area contributed by atoms with Crippen molar-refractivity contribution in [3.63, 3.8) is 0 Å². The maximum atomic E-state index is 11.2. The molecule has 0 fully saturated rings. The van der Waals surface area contributed by atoms with Crippen molar-refractivity contribution in [3.8, 4) is 11.1 Å². The molecule has 2 aromatic carbocycles. The molecule has 3 aromatic rings. The van der Waals surface area contributed by atoms with Gasteiger partial charge in [-0.1, -0.05) is 42.5 Å². The Kier molecular flexibility index (Phi) is 3.03. The van der Waals surface area contributed by atoms with Crippen LogP contribution in [0.15, 0.2) is 60.8 Å². The highest BCUT2D eigenvalue weighted by Gasteiger charge is 2.16. The van der Waals surface area contributed by atoms with Crippen molar-refractivity contribution in [1.29, 1.82) is 0 Å². The van der Waals surface area contributed by atoms with E-state index in [1.165, 1.54) is 0 Å². The van der Waals surface area contributed by atoms with Crippen LogP contribution in [0.1, 0.15) is 13.0 Å². The summed E-state index contributed by atoms with van der Waals surface area (Å²) in [4.78, 5) is 11.2. The fourth-order valence-corrected chi connectivity index (χ4v) is 2.51. The second kappa shape index (κ2) is 4.85. The van der Waals surface area contributed by atoms with Crippen LogP contribution in [0.25, 0.3) is 22.0 Å². The molecule has 0 saturated heterocycles. The van der Waals surface area contributed by atoms with Gasteiger partial charge < -0.3 is 9.67 Å². The van der Waals surface area contributed by atoms with E-state index >= 15 is 0 Å². The largest absolute Gasteiger partial charge is 0.480 e. The van der Waals surface area contributed by atoms with Crippen LogP contribution in [0, 0.1) is 0 Å². The third-order valence-electron chi connectivity index (χ3n) is 3.62. The van der Waals surface area contributed by atoms with E-state index in [4.69, 9.17) is 0 Å². The first kappa shape index (κ1) is 12.5. The molecule has 0 spiro atoms. The maximum Gasteiger partial charge on any atom is 0.326 e. The molecular weight excluding hydrogens is 250 g/mol. The second-order valence-corrected chi connectivity index (χ2v) is 4.84. The minimum absolute atomic E-state index is 0.571. The first-order valence-corrected chi connectivity index (χ1v) is 6.56. The van der Waals surface area contributed by atoms with Gasteiger partial charge in [-0.2, -0.15) is 0 Å². The Balaban J connectivity index is 2.20. The Morgan fingerprint density at radius 1 is 1.05 bits per heavy atom. The van der Waals surface area contributed by atoms with Crippen molar-refractivity contribution >= 4 is 16.9 Å². The summed E-state index contributed by atoms with van der Waals surface area (Å²) in [7, 11) is 0. The highest BCUT2D eigenvalue weighted by atomic mass is 16.4. The zero-order chi connectivity index (χ0) is 14.1. The van der Waals surface area contributed by atoms with Crippen LogP contribution in [0.2, 0.25) is 0 Å². The van der Waals surface area contributed by atoms with Crippen LogP contribution in [0.5, 0.6) is 0 Å².